The van der Waals surface area contributed by atoms with Crippen LogP contribution in [0, 0.1) is 5.82 Å². The van der Waals surface area contributed by atoms with Crippen molar-refractivity contribution in [1.82, 2.24) is 15.3 Å². The molecule has 1 aliphatic heterocycles. The largest absolute Gasteiger partial charge is 0.344 e. The fraction of sp³-hybridized carbons (Fsp3) is 0.333. The maximum atomic E-state index is 14.3. The first-order chi connectivity index (χ1) is 11.0. The third-order valence-electron chi connectivity index (χ3n) is 3.76. The van der Waals surface area contributed by atoms with Gasteiger partial charge in [0.1, 0.15) is 18.4 Å². The van der Waals surface area contributed by atoms with Crippen LogP contribution in [0.4, 0.5) is 13.2 Å². The van der Waals surface area contributed by atoms with Crippen LogP contribution < -0.4 is 11.1 Å². The highest BCUT2D eigenvalue weighted by Crippen LogP contribution is 2.38. The maximum absolute atomic E-state index is 14.3. The quantitative estimate of drug-likeness (QED) is 0.898. The molecule has 0 radical (unpaired) electrons. The number of nitrogens with zero attached hydrogens (tertiary/aromatic N) is 2. The van der Waals surface area contributed by atoms with Crippen LogP contribution in [-0.4, -0.2) is 35.7 Å². The van der Waals surface area contributed by atoms with Gasteiger partial charge in [-0.1, -0.05) is 6.07 Å². The summed E-state index contributed by atoms with van der Waals surface area (Å²) in [7, 11) is 0. The van der Waals surface area contributed by atoms with Gasteiger partial charge >= 0.3 is 0 Å². The molecule has 2 atom stereocenters. The summed E-state index contributed by atoms with van der Waals surface area (Å²) in [4.78, 5) is 7.75. The van der Waals surface area contributed by atoms with Crippen LogP contribution in [0.5, 0.6) is 0 Å². The Morgan fingerprint density at radius 3 is 2.65 bits per heavy atom. The van der Waals surface area contributed by atoms with E-state index in [1.807, 2.05) is 0 Å². The summed E-state index contributed by atoms with van der Waals surface area (Å²) in [5.41, 5.74) is 4.36. The number of nitrogens with one attached hydrogen (secondary N) is 1. The Kier molecular flexibility index (Phi) is 4.29. The number of hydrogen-bond acceptors (Lipinski definition) is 5. The first-order valence-corrected chi connectivity index (χ1v) is 7.00. The van der Waals surface area contributed by atoms with Gasteiger partial charge in [0.25, 0.3) is 6.43 Å². The molecule has 3 N–H and O–H groups in total. The predicted octanol–water partition coefficient (Wildman–Crippen LogP) is 1.65. The molecule has 0 aliphatic carbocycles. The molecule has 5 nitrogen and oxygen atoms in total. The van der Waals surface area contributed by atoms with E-state index in [0.29, 0.717) is 11.1 Å². The summed E-state index contributed by atoms with van der Waals surface area (Å²) in [5.74, 6) is -0.776. The van der Waals surface area contributed by atoms with E-state index in [4.69, 9.17) is 10.5 Å². The molecule has 0 amide bonds. The molecule has 0 saturated carbocycles. The van der Waals surface area contributed by atoms with Crippen LogP contribution >= 0.6 is 0 Å². The lowest BCUT2D eigenvalue weighted by atomic mass is 9.89. The average Bonchev–Trinajstić information content (AvgIpc) is 2.56. The maximum Gasteiger partial charge on any atom is 0.272 e. The number of hydrogen-bond donors (Lipinski definition) is 2. The van der Waals surface area contributed by atoms with Gasteiger partial charge in [-0.2, -0.15) is 0 Å². The van der Waals surface area contributed by atoms with Crippen molar-refractivity contribution in [2.24, 2.45) is 5.73 Å². The summed E-state index contributed by atoms with van der Waals surface area (Å²) in [6.45, 7) is -0.00760. The molecule has 1 aromatic carbocycles. The summed E-state index contributed by atoms with van der Waals surface area (Å²) in [6, 6.07) is 3.94. The predicted molar refractivity (Wildman–Crippen MR) is 77.0 cm³/mol. The second-order valence-corrected chi connectivity index (χ2v) is 5.30. The van der Waals surface area contributed by atoms with Gasteiger partial charge in [-0.25, -0.2) is 23.1 Å². The molecule has 0 spiro atoms. The molecule has 8 heteroatoms. The van der Waals surface area contributed by atoms with Gasteiger partial charge in [0, 0.05) is 36.6 Å². The van der Waals surface area contributed by atoms with Crippen molar-refractivity contribution in [3.63, 3.8) is 0 Å². The Labute approximate surface area is 130 Å². The van der Waals surface area contributed by atoms with Gasteiger partial charge in [-0.15, -0.1) is 0 Å². The molecule has 1 saturated heterocycles. The lowest BCUT2D eigenvalue weighted by Crippen LogP contribution is -2.58. The number of aromatic nitrogens is 2. The second kappa shape index (κ2) is 6.23. The molecule has 2 aromatic rings. The van der Waals surface area contributed by atoms with E-state index < -0.39 is 24.1 Å². The highest BCUT2D eigenvalue weighted by molar-refractivity contribution is 5.62. The summed E-state index contributed by atoms with van der Waals surface area (Å²) >= 11 is 0. The van der Waals surface area contributed by atoms with Gasteiger partial charge in [0.15, 0.2) is 5.60 Å². The Balaban J connectivity index is 2.10. The second-order valence-electron chi connectivity index (χ2n) is 5.30. The van der Waals surface area contributed by atoms with E-state index in [0.717, 1.165) is 6.07 Å². The van der Waals surface area contributed by atoms with Crippen molar-refractivity contribution in [3.05, 3.63) is 48.3 Å². The summed E-state index contributed by atoms with van der Waals surface area (Å²) in [5, 5.41) is 2.77. The van der Waals surface area contributed by atoms with Crippen LogP contribution in [-0.2, 0) is 10.3 Å². The van der Waals surface area contributed by atoms with E-state index in [1.165, 1.54) is 30.9 Å². The van der Waals surface area contributed by atoms with Crippen molar-refractivity contribution in [3.8, 4) is 11.1 Å². The van der Waals surface area contributed by atoms with Crippen molar-refractivity contribution in [1.29, 1.82) is 0 Å². The Morgan fingerprint density at radius 2 is 2.00 bits per heavy atom. The fourth-order valence-electron chi connectivity index (χ4n) is 2.64. The van der Waals surface area contributed by atoms with Crippen molar-refractivity contribution < 1.29 is 17.9 Å². The van der Waals surface area contributed by atoms with Gasteiger partial charge in [-0.3, -0.25) is 0 Å². The molecular weight excluding hydrogens is 309 g/mol. The van der Waals surface area contributed by atoms with Gasteiger partial charge in [-0.05, 0) is 17.7 Å². The minimum atomic E-state index is -2.95. The summed E-state index contributed by atoms with van der Waals surface area (Å²) in [6.07, 6.45) is 0.496. The smallest absolute Gasteiger partial charge is 0.272 e. The lowest BCUT2D eigenvalue weighted by molar-refractivity contribution is -0.191. The van der Waals surface area contributed by atoms with E-state index in [9.17, 15) is 13.2 Å². The Morgan fingerprint density at radius 1 is 1.26 bits per heavy atom. The number of nitrogens with two attached hydrogens (primary N) is 1. The zero-order chi connectivity index (χ0) is 16.4. The van der Waals surface area contributed by atoms with E-state index >= 15 is 0 Å². The molecule has 2 unspecified atom stereocenters. The van der Waals surface area contributed by atoms with Crippen LogP contribution in [0.1, 0.15) is 5.56 Å². The van der Waals surface area contributed by atoms with Crippen molar-refractivity contribution in [2.45, 2.75) is 18.3 Å². The topological polar surface area (TPSA) is 73.1 Å². The Bertz CT molecular complexity index is 686. The van der Waals surface area contributed by atoms with E-state index in [-0.39, 0.29) is 18.7 Å². The molecule has 1 aromatic heterocycles. The normalized spacial score (nSPS) is 24.8. The number of rotatable bonds is 3. The molecule has 2 heterocycles. The van der Waals surface area contributed by atoms with Crippen LogP contribution in [0.3, 0.4) is 0 Å². The number of morpholine rings is 1. The first-order valence-electron chi connectivity index (χ1n) is 7.00. The molecule has 0 bridgehead atoms. The van der Waals surface area contributed by atoms with Crippen molar-refractivity contribution in [2.75, 3.05) is 13.1 Å². The van der Waals surface area contributed by atoms with Gasteiger partial charge in [0.05, 0.1) is 0 Å². The third kappa shape index (κ3) is 2.92. The van der Waals surface area contributed by atoms with Crippen LogP contribution in [0.25, 0.3) is 11.1 Å². The number of ether oxygens (including phenoxy) is 1. The van der Waals surface area contributed by atoms with E-state index in [1.54, 1.807) is 0 Å². The van der Waals surface area contributed by atoms with Crippen LogP contribution in [0.2, 0.25) is 0 Å². The average molecular weight is 324 g/mol. The third-order valence-corrected chi connectivity index (χ3v) is 3.76. The highest BCUT2D eigenvalue weighted by atomic mass is 19.3. The minimum Gasteiger partial charge on any atom is -0.344 e. The number of halogens is 3. The van der Waals surface area contributed by atoms with Crippen molar-refractivity contribution >= 4 is 0 Å². The molecule has 1 fully saturated rings. The standard InChI is InChI=1S/C15H15F3N4O/c16-12-2-1-9(10-4-21-8-22-5-10)3-11(12)15(14(17)18)7-20-6-13(19)23-15/h1-5,8,13-14,20H,6-7,19H2. The molecule has 1 aliphatic rings. The van der Waals surface area contributed by atoms with Crippen LogP contribution in [0.15, 0.2) is 36.9 Å². The Hall–Kier alpha value is -2.03. The first kappa shape index (κ1) is 15.9. The molecule has 23 heavy (non-hydrogen) atoms. The summed E-state index contributed by atoms with van der Waals surface area (Å²) < 4.78 is 47.0. The number of alkyl halides is 2. The lowest BCUT2D eigenvalue weighted by Gasteiger charge is -2.40. The molecule has 3 rings (SSSR count). The zero-order valence-corrected chi connectivity index (χ0v) is 12.0. The van der Waals surface area contributed by atoms with Gasteiger partial charge in [0.2, 0.25) is 0 Å². The monoisotopic (exact) mass is 324 g/mol. The zero-order valence-electron chi connectivity index (χ0n) is 12.0. The molecular formula is C15H15F3N4O. The highest BCUT2D eigenvalue weighted by Gasteiger charge is 2.48. The number of benzene rings is 1. The van der Waals surface area contributed by atoms with Gasteiger partial charge < -0.3 is 15.8 Å². The minimum absolute atomic E-state index is 0.225. The van der Waals surface area contributed by atoms with E-state index in [2.05, 4.69) is 15.3 Å². The SMILES string of the molecule is NC1CNCC(c2cc(-c3cncnc3)ccc2F)(C(F)F)O1. The fourth-order valence-corrected chi connectivity index (χ4v) is 2.64. The molecule has 122 valence electrons.